The van der Waals surface area contributed by atoms with Crippen molar-refractivity contribution >= 4 is 5.91 Å². The summed E-state index contributed by atoms with van der Waals surface area (Å²) in [6.45, 7) is 6.11. The molecule has 0 bridgehead atoms. The second kappa shape index (κ2) is 6.50. The highest BCUT2D eigenvalue weighted by Crippen LogP contribution is 2.25. The fraction of sp³-hybridized carbons (Fsp3) is 0.400. The van der Waals surface area contributed by atoms with Crippen LogP contribution in [-0.2, 0) is 4.79 Å². The van der Waals surface area contributed by atoms with Crippen molar-refractivity contribution in [2.24, 2.45) is 5.73 Å². The molecule has 0 saturated carbocycles. The van der Waals surface area contributed by atoms with Crippen molar-refractivity contribution in [2.75, 3.05) is 26.2 Å². The maximum absolute atomic E-state index is 11.7. The molecule has 1 aromatic carbocycles. The Morgan fingerprint density at radius 3 is 2.84 bits per heavy atom. The molecule has 0 unspecified atom stereocenters. The third kappa shape index (κ3) is 3.66. The van der Waals surface area contributed by atoms with E-state index in [-0.39, 0.29) is 11.9 Å². The van der Waals surface area contributed by atoms with Crippen molar-refractivity contribution in [3.05, 3.63) is 48.6 Å². The Labute approximate surface area is 114 Å². The molecule has 19 heavy (non-hydrogen) atoms. The zero-order chi connectivity index (χ0) is 13.7. The van der Waals surface area contributed by atoms with E-state index in [4.69, 9.17) is 5.73 Å². The molecular weight excluding hydrogens is 238 g/mol. The Morgan fingerprint density at radius 2 is 2.16 bits per heavy atom. The normalized spacial score (nSPS) is 23.2. The lowest BCUT2D eigenvalue weighted by Gasteiger charge is -2.15. The van der Waals surface area contributed by atoms with E-state index in [1.165, 1.54) is 5.56 Å². The summed E-state index contributed by atoms with van der Waals surface area (Å²) in [5.41, 5.74) is 7.44. The summed E-state index contributed by atoms with van der Waals surface area (Å²) < 4.78 is 0. The summed E-state index contributed by atoms with van der Waals surface area (Å²) in [7, 11) is 0. The van der Waals surface area contributed by atoms with E-state index in [0.717, 1.165) is 13.1 Å². The molecule has 0 aromatic heterocycles. The van der Waals surface area contributed by atoms with E-state index in [2.05, 4.69) is 28.9 Å². The molecule has 1 amide bonds. The number of rotatable bonds is 5. The number of nitrogens with zero attached hydrogens (tertiary/aromatic N) is 1. The molecule has 1 fully saturated rings. The van der Waals surface area contributed by atoms with Gasteiger partial charge in [-0.05, 0) is 5.56 Å². The van der Waals surface area contributed by atoms with Gasteiger partial charge in [-0.15, -0.1) is 6.58 Å². The second-order valence-corrected chi connectivity index (χ2v) is 4.97. The van der Waals surface area contributed by atoms with Gasteiger partial charge in [-0.3, -0.25) is 9.69 Å². The van der Waals surface area contributed by atoms with Crippen molar-refractivity contribution in [1.29, 1.82) is 0 Å². The molecule has 0 radical (unpaired) electrons. The minimum absolute atomic E-state index is 0.0285. The third-order valence-corrected chi connectivity index (χ3v) is 3.48. The van der Waals surface area contributed by atoms with Crippen molar-refractivity contribution < 1.29 is 4.79 Å². The van der Waals surface area contributed by atoms with Gasteiger partial charge >= 0.3 is 0 Å². The van der Waals surface area contributed by atoms with Gasteiger partial charge in [0.15, 0.2) is 0 Å². The van der Waals surface area contributed by atoms with Gasteiger partial charge < -0.3 is 11.1 Å². The van der Waals surface area contributed by atoms with Crippen molar-refractivity contribution in [3.8, 4) is 0 Å². The number of nitrogens with one attached hydrogen (secondary N) is 1. The highest BCUT2D eigenvalue weighted by molar-refractivity contribution is 5.78. The Hall–Kier alpha value is -1.65. The van der Waals surface area contributed by atoms with Gasteiger partial charge in [0.1, 0.15) is 0 Å². The first-order valence-electron chi connectivity index (χ1n) is 6.61. The summed E-state index contributed by atoms with van der Waals surface area (Å²) in [4.78, 5) is 13.8. The van der Waals surface area contributed by atoms with Gasteiger partial charge in [0.2, 0.25) is 5.91 Å². The molecule has 4 heteroatoms. The van der Waals surface area contributed by atoms with Crippen LogP contribution < -0.4 is 11.1 Å². The molecule has 102 valence electrons. The Morgan fingerprint density at radius 1 is 1.42 bits per heavy atom. The zero-order valence-electron chi connectivity index (χ0n) is 11.1. The fourth-order valence-corrected chi connectivity index (χ4v) is 2.54. The number of hydrogen-bond acceptors (Lipinski definition) is 3. The summed E-state index contributed by atoms with van der Waals surface area (Å²) in [5.74, 6) is 0.342. The number of nitrogens with two attached hydrogens (primary N) is 1. The fourth-order valence-electron chi connectivity index (χ4n) is 2.54. The first-order valence-corrected chi connectivity index (χ1v) is 6.61. The maximum Gasteiger partial charge on any atom is 0.234 e. The number of amides is 1. The quantitative estimate of drug-likeness (QED) is 0.766. The van der Waals surface area contributed by atoms with E-state index in [1.54, 1.807) is 6.08 Å². The second-order valence-electron chi connectivity index (χ2n) is 4.97. The molecule has 2 atom stereocenters. The molecule has 0 spiro atoms. The van der Waals surface area contributed by atoms with E-state index >= 15 is 0 Å². The van der Waals surface area contributed by atoms with Crippen LogP contribution in [0.4, 0.5) is 0 Å². The van der Waals surface area contributed by atoms with Crippen molar-refractivity contribution in [3.63, 3.8) is 0 Å². The van der Waals surface area contributed by atoms with E-state index < -0.39 is 0 Å². The lowest BCUT2D eigenvalue weighted by molar-refractivity contribution is -0.121. The topological polar surface area (TPSA) is 58.4 Å². The first kappa shape index (κ1) is 13.8. The average Bonchev–Trinajstić information content (AvgIpc) is 2.78. The molecular formula is C15H21N3O. The largest absolute Gasteiger partial charge is 0.352 e. The van der Waals surface area contributed by atoms with Gasteiger partial charge in [-0.1, -0.05) is 36.4 Å². The Bertz CT molecular complexity index is 432. The SMILES string of the molecule is C=CCNC(=O)CN1C[C@@H](N)[C@H](c2ccccc2)C1. The van der Waals surface area contributed by atoms with Crippen LogP contribution in [0, 0.1) is 0 Å². The molecule has 0 aliphatic carbocycles. The predicted molar refractivity (Wildman–Crippen MR) is 76.8 cm³/mol. The van der Waals surface area contributed by atoms with Crippen molar-refractivity contribution in [1.82, 2.24) is 10.2 Å². The molecule has 4 nitrogen and oxygen atoms in total. The van der Waals surface area contributed by atoms with Crippen molar-refractivity contribution in [2.45, 2.75) is 12.0 Å². The highest BCUT2D eigenvalue weighted by atomic mass is 16.2. The van der Waals surface area contributed by atoms with Gasteiger partial charge in [0.05, 0.1) is 6.54 Å². The average molecular weight is 259 g/mol. The van der Waals surface area contributed by atoms with E-state index in [1.807, 2.05) is 18.2 Å². The van der Waals surface area contributed by atoms with Gasteiger partial charge in [0.25, 0.3) is 0 Å². The van der Waals surface area contributed by atoms with Crippen LogP contribution in [0.5, 0.6) is 0 Å². The van der Waals surface area contributed by atoms with Crippen LogP contribution in [0.15, 0.2) is 43.0 Å². The molecule has 1 aliphatic heterocycles. The van der Waals surface area contributed by atoms with Crippen LogP contribution in [0.2, 0.25) is 0 Å². The number of hydrogen-bond donors (Lipinski definition) is 2. The zero-order valence-corrected chi connectivity index (χ0v) is 11.1. The number of benzene rings is 1. The minimum atomic E-state index is 0.0285. The Balaban J connectivity index is 1.90. The van der Waals surface area contributed by atoms with Crippen LogP contribution in [0.1, 0.15) is 11.5 Å². The van der Waals surface area contributed by atoms with E-state index in [9.17, 15) is 4.79 Å². The standard InChI is InChI=1S/C15H21N3O/c1-2-8-17-15(19)11-18-9-13(14(16)10-18)12-6-4-3-5-7-12/h2-7,13-14H,1,8-11,16H2,(H,17,19)/t13-,14+/m0/s1. The molecule has 2 rings (SSSR count). The number of likely N-dealkylation sites (tertiary alicyclic amines) is 1. The number of carbonyl (C=O) groups excluding carboxylic acids is 1. The van der Waals surface area contributed by atoms with Gasteiger partial charge in [-0.2, -0.15) is 0 Å². The molecule has 1 aromatic rings. The maximum atomic E-state index is 11.7. The third-order valence-electron chi connectivity index (χ3n) is 3.48. The first-order chi connectivity index (χ1) is 9.20. The molecule has 3 N–H and O–H groups in total. The minimum Gasteiger partial charge on any atom is -0.352 e. The molecule has 1 aliphatic rings. The number of carbonyl (C=O) groups is 1. The summed E-state index contributed by atoms with van der Waals surface area (Å²) in [6.07, 6.45) is 1.68. The molecule has 1 saturated heterocycles. The summed E-state index contributed by atoms with van der Waals surface area (Å²) >= 11 is 0. The van der Waals surface area contributed by atoms with Crippen LogP contribution in [-0.4, -0.2) is 43.0 Å². The lowest BCUT2D eigenvalue weighted by Crippen LogP contribution is -2.37. The molecule has 1 heterocycles. The monoisotopic (exact) mass is 259 g/mol. The van der Waals surface area contributed by atoms with Crippen LogP contribution >= 0.6 is 0 Å². The Kier molecular flexibility index (Phi) is 4.71. The summed E-state index contributed by atoms with van der Waals surface area (Å²) in [6, 6.07) is 10.4. The van der Waals surface area contributed by atoms with Gasteiger partial charge in [0, 0.05) is 31.6 Å². The lowest BCUT2D eigenvalue weighted by atomic mass is 9.95. The highest BCUT2D eigenvalue weighted by Gasteiger charge is 2.31. The predicted octanol–water partition coefficient (Wildman–Crippen LogP) is 0.715. The summed E-state index contributed by atoms with van der Waals surface area (Å²) in [5, 5.41) is 2.79. The van der Waals surface area contributed by atoms with Crippen LogP contribution in [0.3, 0.4) is 0 Å². The van der Waals surface area contributed by atoms with E-state index in [0.29, 0.717) is 19.0 Å². The van der Waals surface area contributed by atoms with Crippen LogP contribution in [0.25, 0.3) is 0 Å². The smallest absolute Gasteiger partial charge is 0.234 e. The van der Waals surface area contributed by atoms with Gasteiger partial charge in [-0.25, -0.2) is 0 Å².